The Morgan fingerprint density at radius 2 is 2.67 bits per heavy atom. The van der Waals surface area contributed by atoms with Crippen molar-refractivity contribution in [1.82, 2.24) is 10.6 Å². The fourth-order valence-electron chi connectivity index (χ4n) is 0.717. The van der Waals surface area contributed by atoms with Gasteiger partial charge in [-0.25, -0.2) is 4.79 Å². The van der Waals surface area contributed by atoms with Crippen LogP contribution in [-0.4, -0.2) is 30.0 Å². The maximum atomic E-state index is 11.0. The zero-order valence-corrected chi connectivity index (χ0v) is 7.49. The summed E-state index contributed by atoms with van der Waals surface area (Å²) in [5.41, 5.74) is 0. The van der Waals surface area contributed by atoms with Gasteiger partial charge in [0.05, 0.1) is 6.54 Å². The van der Waals surface area contributed by atoms with Crippen LogP contribution in [-0.2, 0) is 0 Å². The number of thioether (sulfide) groups is 1. The van der Waals surface area contributed by atoms with Crippen LogP contribution in [0.5, 0.6) is 0 Å². The van der Waals surface area contributed by atoms with Crippen LogP contribution in [0.1, 0.15) is 0 Å². The molecule has 1 rings (SSSR count). The van der Waals surface area contributed by atoms with Gasteiger partial charge in [0, 0.05) is 12.3 Å². The molecule has 0 saturated carbocycles. The number of amides is 2. The van der Waals surface area contributed by atoms with E-state index in [9.17, 15) is 4.79 Å². The number of rotatable bonds is 2. The maximum Gasteiger partial charge on any atom is 0.321 e. The Morgan fingerprint density at radius 1 is 1.83 bits per heavy atom. The standard InChI is InChI=1S/C7H11N3OS/c1-2-3-8-6(11)10-7-9-4-5-12-7/h2H,1,3-5H2,(H2,8,9,10,11). The molecule has 5 heteroatoms. The first kappa shape index (κ1) is 9.12. The van der Waals surface area contributed by atoms with E-state index < -0.39 is 0 Å². The first-order valence-corrected chi connectivity index (χ1v) is 4.64. The lowest BCUT2D eigenvalue weighted by Gasteiger charge is -2.03. The number of aliphatic imine (C=N–C) groups is 1. The second-order valence-corrected chi connectivity index (χ2v) is 3.24. The van der Waals surface area contributed by atoms with Gasteiger partial charge in [0.25, 0.3) is 0 Å². The van der Waals surface area contributed by atoms with Gasteiger partial charge in [-0.1, -0.05) is 17.8 Å². The fourth-order valence-corrected chi connectivity index (χ4v) is 1.44. The Labute approximate surface area is 75.5 Å². The van der Waals surface area contributed by atoms with Crippen molar-refractivity contribution in [3.63, 3.8) is 0 Å². The largest absolute Gasteiger partial charge is 0.334 e. The first-order chi connectivity index (χ1) is 5.83. The second kappa shape index (κ2) is 4.82. The highest BCUT2D eigenvalue weighted by atomic mass is 32.2. The van der Waals surface area contributed by atoms with Gasteiger partial charge in [0.15, 0.2) is 5.17 Å². The molecule has 1 aliphatic heterocycles. The number of amidine groups is 1. The summed E-state index contributed by atoms with van der Waals surface area (Å²) in [4.78, 5) is 15.1. The summed E-state index contributed by atoms with van der Waals surface area (Å²) in [6, 6.07) is -0.219. The van der Waals surface area contributed by atoms with Crippen molar-refractivity contribution in [1.29, 1.82) is 0 Å². The van der Waals surface area contributed by atoms with E-state index in [0.717, 1.165) is 12.3 Å². The molecule has 1 aliphatic rings. The third-order valence-corrected chi connectivity index (χ3v) is 2.10. The lowest BCUT2D eigenvalue weighted by atomic mass is 10.6. The Hall–Kier alpha value is -0.970. The van der Waals surface area contributed by atoms with E-state index in [1.807, 2.05) is 0 Å². The van der Waals surface area contributed by atoms with Crippen LogP contribution < -0.4 is 10.6 Å². The van der Waals surface area contributed by atoms with Crippen molar-refractivity contribution in [2.45, 2.75) is 0 Å². The summed E-state index contributed by atoms with van der Waals surface area (Å²) in [5.74, 6) is 0.955. The molecule has 0 radical (unpaired) electrons. The Balaban J connectivity index is 2.21. The molecule has 12 heavy (non-hydrogen) atoms. The Morgan fingerprint density at radius 3 is 3.25 bits per heavy atom. The summed E-state index contributed by atoms with van der Waals surface area (Å²) in [7, 11) is 0. The predicted octanol–water partition coefficient (Wildman–Crippen LogP) is 0.574. The zero-order chi connectivity index (χ0) is 8.81. The molecular weight excluding hydrogens is 174 g/mol. The monoisotopic (exact) mass is 185 g/mol. The number of nitrogens with zero attached hydrogens (tertiary/aromatic N) is 1. The molecular formula is C7H11N3OS. The smallest absolute Gasteiger partial charge is 0.321 e. The van der Waals surface area contributed by atoms with Crippen molar-refractivity contribution in [2.75, 3.05) is 18.8 Å². The van der Waals surface area contributed by atoms with E-state index >= 15 is 0 Å². The fraction of sp³-hybridized carbons (Fsp3) is 0.429. The second-order valence-electron chi connectivity index (χ2n) is 2.16. The molecule has 0 unspecified atom stereocenters. The van der Waals surface area contributed by atoms with Gasteiger partial charge in [-0.05, 0) is 0 Å². The van der Waals surface area contributed by atoms with E-state index in [0.29, 0.717) is 11.7 Å². The molecule has 0 bridgehead atoms. The lowest BCUT2D eigenvalue weighted by molar-refractivity contribution is 0.246. The molecule has 66 valence electrons. The molecule has 0 aromatic heterocycles. The average molecular weight is 185 g/mol. The van der Waals surface area contributed by atoms with Gasteiger partial charge in [0.1, 0.15) is 0 Å². The Kier molecular flexibility index (Phi) is 3.66. The van der Waals surface area contributed by atoms with E-state index in [-0.39, 0.29) is 6.03 Å². The van der Waals surface area contributed by atoms with Crippen molar-refractivity contribution >= 4 is 23.0 Å². The van der Waals surface area contributed by atoms with Crippen LogP contribution >= 0.6 is 11.8 Å². The summed E-state index contributed by atoms with van der Waals surface area (Å²) >= 11 is 1.56. The lowest BCUT2D eigenvalue weighted by Crippen LogP contribution is -2.37. The SMILES string of the molecule is C=CCNC(=O)NC1=NCCS1. The van der Waals surface area contributed by atoms with Crippen LogP contribution in [0.4, 0.5) is 4.79 Å². The molecule has 0 aromatic rings. The first-order valence-electron chi connectivity index (χ1n) is 3.66. The number of nitrogens with one attached hydrogen (secondary N) is 2. The summed E-state index contributed by atoms with van der Waals surface area (Å²) in [5, 5.41) is 5.93. The third-order valence-electron chi connectivity index (χ3n) is 1.21. The van der Waals surface area contributed by atoms with E-state index in [1.165, 1.54) is 0 Å². The molecule has 1 heterocycles. The third kappa shape index (κ3) is 2.96. The summed E-state index contributed by atoms with van der Waals surface area (Å²) < 4.78 is 0. The van der Waals surface area contributed by atoms with Gasteiger partial charge in [-0.15, -0.1) is 6.58 Å². The van der Waals surface area contributed by atoms with Crippen molar-refractivity contribution in [3.05, 3.63) is 12.7 Å². The topological polar surface area (TPSA) is 53.5 Å². The van der Waals surface area contributed by atoms with Crippen LogP contribution in [0.25, 0.3) is 0 Å². The number of hydrogen-bond acceptors (Lipinski definition) is 3. The summed E-state index contributed by atoms with van der Waals surface area (Å²) in [6.07, 6.45) is 1.63. The minimum atomic E-state index is -0.219. The molecule has 0 atom stereocenters. The van der Waals surface area contributed by atoms with E-state index in [1.54, 1.807) is 17.8 Å². The van der Waals surface area contributed by atoms with Crippen LogP contribution in [0, 0.1) is 0 Å². The number of hydrogen-bond donors (Lipinski definition) is 2. The minimum absolute atomic E-state index is 0.219. The molecule has 0 aromatic carbocycles. The molecule has 0 fully saturated rings. The van der Waals surface area contributed by atoms with Gasteiger partial charge >= 0.3 is 6.03 Å². The van der Waals surface area contributed by atoms with Crippen molar-refractivity contribution < 1.29 is 4.79 Å². The van der Waals surface area contributed by atoms with Crippen LogP contribution in [0.2, 0.25) is 0 Å². The number of urea groups is 1. The number of carbonyl (C=O) groups is 1. The van der Waals surface area contributed by atoms with Gasteiger partial charge in [-0.2, -0.15) is 0 Å². The molecule has 0 saturated heterocycles. The quantitative estimate of drug-likeness (QED) is 0.618. The average Bonchev–Trinajstić information content (AvgIpc) is 2.53. The Bertz CT molecular complexity index is 215. The van der Waals surface area contributed by atoms with Crippen molar-refractivity contribution in [2.24, 2.45) is 4.99 Å². The normalized spacial score (nSPS) is 15.2. The van der Waals surface area contributed by atoms with Gasteiger partial charge in [0.2, 0.25) is 0 Å². The molecule has 0 aliphatic carbocycles. The summed E-state index contributed by atoms with van der Waals surface area (Å²) in [6.45, 7) is 4.76. The van der Waals surface area contributed by atoms with Gasteiger partial charge < -0.3 is 5.32 Å². The van der Waals surface area contributed by atoms with E-state index in [4.69, 9.17) is 0 Å². The van der Waals surface area contributed by atoms with Crippen molar-refractivity contribution in [3.8, 4) is 0 Å². The minimum Gasteiger partial charge on any atom is -0.334 e. The zero-order valence-electron chi connectivity index (χ0n) is 6.67. The highest BCUT2D eigenvalue weighted by Crippen LogP contribution is 2.08. The van der Waals surface area contributed by atoms with E-state index in [2.05, 4.69) is 22.2 Å². The molecule has 0 spiro atoms. The highest BCUT2D eigenvalue weighted by Gasteiger charge is 2.09. The van der Waals surface area contributed by atoms with Gasteiger partial charge in [-0.3, -0.25) is 10.3 Å². The van der Waals surface area contributed by atoms with Crippen LogP contribution in [0.15, 0.2) is 17.6 Å². The maximum absolute atomic E-state index is 11.0. The molecule has 2 N–H and O–H groups in total. The number of carbonyl (C=O) groups excluding carboxylic acids is 1. The van der Waals surface area contributed by atoms with Crippen LogP contribution in [0.3, 0.4) is 0 Å². The predicted molar refractivity (Wildman–Crippen MR) is 51.5 cm³/mol. The highest BCUT2D eigenvalue weighted by molar-refractivity contribution is 8.14. The molecule has 4 nitrogen and oxygen atoms in total. The molecule has 2 amide bonds.